The van der Waals surface area contributed by atoms with Crippen LogP contribution < -0.4 is 4.90 Å². The smallest absolute Gasteiger partial charge is 0.326 e. The zero-order valence-electron chi connectivity index (χ0n) is 17.3. The highest BCUT2D eigenvalue weighted by atomic mass is 16.6. The normalized spacial score (nSPS) is 21.3. The zero-order valence-corrected chi connectivity index (χ0v) is 17.3. The minimum Gasteiger partial charge on any atom is -0.459 e. The first-order valence-corrected chi connectivity index (χ1v) is 9.75. The molecule has 0 aromatic heterocycles. The molecule has 1 aromatic carbocycles. The molecular formula is C22H31NO4. The van der Waals surface area contributed by atoms with Crippen LogP contribution in [0, 0.1) is 5.41 Å². The second-order valence-electron chi connectivity index (χ2n) is 9.63. The van der Waals surface area contributed by atoms with Gasteiger partial charge in [-0.05, 0) is 66.0 Å². The predicted octanol–water partition coefficient (Wildman–Crippen LogP) is 3.88. The first kappa shape index (κ1) is 19.7. The average Bonchev–Trinajstić information content (AvgIpc) is 3.00. The molecule has 3 rings (SSSR count). The van der Waals surface area contributed by atoms with E-state index in [0.717, 1.165) is 30.6 Å². The van der Waals surface area contributed by atoms with Gasteiger partial charge in [0.2, 0.25) is 0 Å². The highest BCUT2D eigenvalue weighted by Gasteiger charge is 2.61. The van der Waals surface area contributed by atoms with Gasteiger partial charge < -0.3 is 14.4 Å². The van der Waals surface area contributed by atoms with Gasteiger partial charge in [-0.3, -0.25) is 9.59 Å². The fourth-order valence-corrected chi connectivity index (χ4v) is 4.16. The molecule has 0 bridgehead atoms. The summed E-state index contributed by atoms with van der Waals surface area (Å²) >= 11 is 0. The van der Waals surface area contributed by atoms with Crippen molar-refractivity contribution in [2.75, 3.05) is 11.4 Å². The molecule has 0 N–H and O–H groups in total. The van der Waals surface area contributed by atoms with E-state index in [4.69, 9.17) is 9.47 Å². The Balaban J connectivity index is 2.12. The third-order valence-corrected chi connectivity index (χ3v) is 5.12. The Morgan fingerprint density at radius 1 is 1.00 bits per heavy atom. The monoisotopic (exact) mass is 373 g/mol. The van der Waals surface area contributed by atoms with Gasteiger partial charge in [0.25, 0.3) is 0 Å². The predicted molar refractivity (Wildman–Crippen MR) is 105 cm³/mol. The molecule has 148 valence electrons. The molecule has 0 saturated carbocycles. The van der Waals surface area contributed by atoms with Crippen LogP contribution in [-0.2, 0) is 25.5 Å². The lowest BCUT2D eigenvalue weighted by Crippen LogP contribution is -2.61. The Morgan fingerprint density at radius 3 is 2.11 bits per heavy atom. The fourth-order valence-electron chi connectivity index (χ4n) is 4.16. The van der Waals surface area contributed by atoms with Crippen molar-refractivity contribution < 1.29 is 19.1 Å². The Bertz CT molecular complexity index is 713. The number of para-hydroxylation sites is 1. The summed E-state index contributed by atoms with van der Waals surface area (Å²) in [7, 11) is 0. The second-order valence-corrected chi connectivity index (χ2v) is 9.63. The lowest BCUT2D eigenvalue weighted by Gasteiger charge is -2.46. The van der Waals surface area contributed by atoms with Crippen LogP contribution in [0.25, 0.3) is 0 Å². The van der Waals surface area contributed by atoms with Gasteiger partial charge in [0, 0.05) is 18.7 Å². The molecule has 0 amide bonds. The summed E-state index contributed by atoms with van der Waals surface area (Å²) in [6.07, 6.45) is 2.02. The zero-order chi connectivity index (χ0) is 20.0. The number of hydrogen-bond acceptors (Lipinski definition) is 5. The summed E-state index contributed by atoms with van der Waals surface area (Å²) in [5.41, 5.74) is -0.583. The topological polar surface area (TPSA) is 55.8 Å². The summed E-state index contributed by atoms with van der Waals surface area (Å²) in [5.74, 6) is -0.952. The second kappa shape index (κ2) is 6.54. The number of nitrogens with zero attached hydrogens (tertiary/aromatic N) is 1. The van der Waals surface area contributed by atoms with Crippen LogP contribution in [-0.4, -0.2) is 35.7 Å². The van der Waals surface area contributed by atoms with Crippen molar-refractivity contribution >= 4 is 17.6 Å². The van der Waals surface area contributed by atoms with Crippen molar-refractivity contribution in [2.45, 2.75) is 78.0 Å². The summed E-state index contributed by atoms with van der Waals surface area (Å²) in [6.45, 7) is 11.8. The van der Waals surface area contributed by atoms with E-state index < -0.39 is 28.6 Å². The molecule has 0 aliphatic carbocycles. The summed E-state index contributed by atoms with van der Waals surface area (Å²) in [4.78, 5) is 29.1. The van der Waals surface area contributed by atoms with Crippen molar-refractivity contribution in [1.29, 1.82) is 0 Å². The van der Waals surface area contributed by atoms with E-state index in [1.54, 1.807) is 0 Å². The Hall–Kier alpha value is -2.04. The summed E-state index contributed by atoms with van der Waals surface area (Å²) in [5, 5.41) is 0. The highest BCUT2D eigenvalue weighted by Crippen LogP contribution is 2.48. The third-order valence-electron chi connectivity index (χ3n) is 5.12. The van der Waals surface area contributed by atoms with E-state index >= 15 is 0 Å². The molecule has 2 aliphatic heterocycles. The van der Waals surface area contributed by atoms with Crippen LogP contribution in [0.4, 0.5) is 5.69 Å². The number of carbonyl (C=O) groups is 2. The number of hydrogen-bond donors (Lipinski definition) is 0. The van der Waals surface area contributed by atoms with E-state index in [2.05, 4.69) is 11.0 Å². The molecule has 0 spiro atoms. The van der Waals surface area contributed by atoms with Gasteiger partial charge in [0.05, 0.1) is 6.04 Å². The number of rotatable bonds is 2. The van der Waals surface area contributed by atoms with E-state index in [0.29, 0.717) is 6.42 Å². The molecule has 1 atom stereocenters. The van der Waals surface area contributed by atoms with Crippen LogP contribution in [0.2, 0.25) is 0 Å². The number of esters is 2. The first-order valence-electron chi connectivity index (χ1n) is 9.75. The molecule has 2 heterocycles. The summed E-state index contributed by atoms with van der Waals surface area (Å²) < 4.78 is 11.5. The molecule has 2 aliphatic rings. The highest BCUT2D eigenvalue weighted by molar-refractivity contribution is 6.03. The minimum atomic E-state index is -1.34. The van der Waals surface area contributed by atoms with Gasteiger partial charge in [0.1, 0.15) is 11.2 Å². The quantitative estimate of drug-likeness (QED) is 0.582. The van der Waals surface area contributed by atoms with Crippen molar-refractivity contribution in [1.82, 2.24) is 0 Å². The molecule has 1 saturated heterocycles. The van der Waals surface area contributed by atoms with Gasteiger partial charge in [-0.2, -0.15) is 0 Å². The van der Waals surface area contributed by atoms with Gasteiger partial charge >= 0.3 is 11.9 Å². The number of benzene rings is 1. The van der Waals surface area contributed by atoms with Crippen LogP contribution in [0.1, 0.15) is 59.9 Å². The van der Waals surface area contributed by atoms with Gasteiger partial charge in [-0.15, -0.1) is 0 Å². The summed E-state index contributed by atoms with van der Waals surface area (Å²) in [6, 6.07) is 7.78. The maximum atomic E-state index is 13.5. The molecular weight excluding hydrogens is 342 g/mol. The third kappa shape index (κ3) is 3.69. The maximum absolute atomic E-state index is 13.5. The van der Waals surface area contributed by atoms with E-state index in [1.807, 2.05) is 59.7 Å². The number of ether oxygens (including phenoxy) is 2. The molecule has 1 fully saturated rings. The number of fused-ring (bicyclic) bond motifs is 3. The van der Waals surface area contributed by atoms with Crippen molar-refractivity contribution in [2.24, 2.45) is 5.41 Å². The van der Waals surface area contributed by atoms with Crippen molar-refractivity contribution in [3.8, 4) is 0 Å². The Morgan fingerprint density at radius 2 is 1.56 bits per heavy atom. The van der Waals surface area contributed by atoms with Gasteiger partial charge in [-0.25, -0.2) is 0 Å². The molecule has 5 heteroatoms. The largest absolute Gasteiger partial charge is 0.459 e. The average molecular weight is 373 g/mol. The van der Waals surface area contributed by atoms with Crippen molar-refractivity contribution in [3.63, 3.8) is 0 Å². The lowest BCUT2D eigenvalue weighted by molar-refractivity contribution is -0.187. The van der Waals surface area contributed by atoms with Gasteiger partial charge in [-0.1, -0.05) is 18.2 Å². The van der Waals surface area contributed by atoms with Crippen molar-refractivity contribution in [3.05, 3.63) is 29.8 Å². The molecule has 1 aromatic rings. The van der Waals surface area contributed by atoms with E-state index in [9.17, 15) is 9.59 Å². The van der Waals surface area contributed by atoms with Gasteiger partial charge in [0.15, 0.2) is 5.41 Å². The van der Waals surface area contributed by atoms with Crippen LogP contribution >= 0.6 is 0 Å². The molecule has 5 nitrogen and oxygen atoms in total. The van der Waals surface area contributed by atoms with E-state index in [-0.39, 0.29) is 6.04 Å². The lowest BCUT2D eigenvalue weighted by atomic mass is 9.70. The SMILES string of the molecule is CC(C)(C)OC(=O)C1(C(=O)OC(C)(C)C)Cc2ccccc2N2CCCC21. The first-order chi connectivity index (χ1) is 12.4. The Kier molecular flexibility index (Phi) is 4.77. The molecule has 27 heavy (non-hydrogen) atoms. The number of carbonyl (C=O) groups excluding carboxylic acids is 2. The Labute approximate surface area is 162 Å². The molecule has 0 radical (unpaired) electrons. The minimum absolute atomic E-state index is 0.239. The number of anilines is 1. The van der Waals surface area contributed by atoms with Crippen LogP contribution in [0.3, 0.4) is 0 Å². The fraction of sp³-hybridized carbons (Fsp3) is 0.636. The maximum Gasteiger partial charge on any atom is 0.326 e. The molecule has 1 unspecified atom stereocenters. The standard InChI is InChI=1S/C22H31NO4/c1-20(2,3)26-18(24)22(19(25)27-21(4,5)6)14-15-10-7-8-11-16(15)23-13-9-12-17(22)23/h7-8,10-11,17H,9,12-14H2,1-6H3. The van der Waals surface area contributed by atoms with E-state index in [1.165, 1.54) is 0 Å². The van der Waals surface area contributed by atoms with Crippen LogP contribution in [0.15, 0.2) is 24.3 Å². The van der Waals surface area contributed by atoms with Crippen LogP contribution in [0.5, 0.6) is 0 Å².